The fourth-order valence-electron chi connectivity index (χ4n) is 3.39. The van der Waals surface area contributed by atoms with Crippen LogP contribution in [0.25, 0.3) is 17.1 Å². The molecule has 0 spiro atoms. The minimum absolute atomic E-state index is 0.103. The Balaban J connectivity index is 1.81. The van der Waals surface area contributed by atoms with Gasteiger partial charge < -0.3 is 5.32 Å². The zero-order valence-corrected chi connectivity index (χ0v) is 18.7. The molecule has 1 heterocycles. The fraction of sp³-hybridized carbons (Fsp3) is 0.160. The van der Waals surface area contributed by atoms with Gasteiger partial charge in [0.05, 0.1) is 5.69 Å². The number of amides is 1. The molecular weight excluding hydrogens is 408 g/mol. The van der Waals surface area contributed by atoms with Crippen molar-refractivity contribution >= 4 is 23.2 Å². The van der Waals surface area contributed by atoms with Crippen molar-refractivity contribution in [1.29, 1.82) is 0 Å². The van der Waals surface area contributed by atoms with E-state index in [4.69, 9.17) is 11.6 Å². The first-order valence-electron chi connectivity index (χ1n) is 10.0. The van der Waals surface area contributed by atoms with Crippen LogP contribution in [0.1, 0.15) is 32.9 Å². The average Bonchev–Trinajstić information content (AvgIpc) is 3.19. The van der Waals surface area contributed by atoms with Gasteiger partial charge in [-0.2, -0.15) is 0 Å². The number of aromatic nitrogens is 3. The highest BCUT2D eigenvalue weighted by molar-refractivity contribution is 6.30. The zero-order chi connectivity index (χ0) is 22.1. The summed E-state index contributed by atoms with van der Waals surface area (Å²) in [6.45, 7) is 8.07. The topological polar surface area (TPSA) is 59.8 Å². The van der Waals surface area contributed by atoms with E-state index in [9.17, 15) is 4.79 Å². The molecule has 0 saturated carbocycles. The summed E-state index contributed by atoms with van der Waals surface area (Å²) in [6, 6.07) is 19.2. The molecule has 4 rings (SSSR count). The van der Waals surface area contributed by atoms with Crippen LogP contribution in [0.4, 0.5) is 5.69 Å². The lowest BCUT2D eigenvalue weighted by molar-refractivity contribution is 0.101. The van der Waals surface area contributed by atoms with Crippen molar-refractivity contribution in [3.8, 4) is 17.1 Å². The van der Waals surface area contributed by atoms with Gasteiger partial charge in [0.25, 0.3) is 5.91 Å². The molecule has 0 atom stereocenters. The Labute approximate surface area is 186 Å². The summed E-state index contributed by atoms with van der Waals surface area (Å²) in [7, 11) is 0. The first-order chi connectivity index (χ1) is 14.8. The number of nitrogens with one attached hydrogen (secondary N) is 1. The van der Waals surface area contributed by atoms with E-state index in [1.54, 1.807) is 16.8 Å². The molecule has 5 nitrogen and oxygen atoms in total. The molecule has 1 N–H and O–H groups in total. The Morgan fingerprint density at radius 1 is 0.871 bits per heavy atom. The quantitative estimate of drug-likeness (QED) is 0.427. The molecule has 0 saturated heterocycles. The standard InChI is InChI=1S/C25H23ClN4O/c1-15-7-5-9-21(17(15)3)27-25(31)23-28-24(19-11-13-20(26)14-12-19)30(29-23)22-10-6-8-16(2)18(22)4/h5-14H,1-4H3,(H,27,31). The predicted octanol–water partition coefficient (Wildman–Crippen LogP) is 6.07. The second-order valence-corrected chi connectivity index (χ2v) is 8.03. The van der Waals surface area contributed by atoms with Crippen molar-refractivity contribution in [2.45, 2.75) is 27.7 Å². The van der Waals surface area contributed by atoms with Gasteiger partial charge in [0.1, 0.15) is 0 Å². The van der Waals surface area contributed by atoms with Crippen molar-refractivity contribution in [3.63, 3.8) is 0 Å². The van der Waals surface area contributed by atoms with Crippen LogP contribution in [0.3, 0.4) is 0 Å². The van der Waals surface area contributed by atoms with Crippen LogP contribution in [-0.4, -0.2) is 20.7 Å². The van der Waals surface area contributed by atoms with E-state index < -0.39 is 0 Å². The summed E-state index contributed by atoms with van der Waals surface area (Å²) in [4.78, 5) is 17.6. The van der Waals surface area contributed by atoms with E-state index >= 15 is 0 Å². The van der Waals surface area contributed by atoms with Gasteiger partial charge in [-0.05, 0) is 86.3 Å². The second-order valence-electron chi connectivity index (χ2n) is 7.60. The van der Waals surface area contributed by atoms with Gasteiger partial charge in [-0.25, -0.2) is 9.67 Å². The number of anilines is 1. The van der Waals surface area contributed by atoms with Gasteiger partial charge in [-0.15, -0.1) is 5.10 Å². The van der Waals surface area contributed by atoms with Crippen molar-refractivity contribution in [2.75, 3.05) is 5.32 Å². The first kappa shape index (κ1) is 20.8. The highest BCUT2D eigenvalue weighted by Crippen LogP contribution is 2.26. The Bertz CT molecular complexity index is 1280. The SMILES string of the molecule is Cc1cccc(NC(=O)c2nc(-c3ccc(Cl)cc3)n(-c3cccc(C)c3C)n2)c1C. The maximum Gasteiger partial charge on any atom is 0.295 e. The Hall–Kier alpha value is -3.44. The van der Waals surface area contributed by atoms with Crippen LogP contribution in [0.5, 0.6) is 0 Å². The zero-order valence-electron chi connectivity index (χ0n) is 17.9. The van der Waals surface area contributed by atoms with Gasteiger partial charge >= 0.3 is 0 Å². The number of carbonyl (C=O) groups is 1. The minimum atomic E-state index is -0.354. The third-order valence-corrected chi connectivity index (χ3v) is 5.82. The molecule has 1 amide bonds. The molecule has 4 aromatic rings. The van der Waals surface area contributed by atoms with Crippen molar-refractivity contribution in [2.24, 2.45) is 0 Å². The molecule has 6 heteroatoms. The fourth-order valence-corrected chi connectivity index (χ4v) is 3.52. The summed E-state index contributed by atoms with van der Waals surface area (Å²) in [5, 5.41) is 8.17. The van der Waals surface area contributed by atoms with E-state index in [-0.39, 0.29) is 11.7 Å². The summed E-state index contributed by atoms with van der Waals surface area (Å²) in [6.07, 6.45) is 0. The smallest absolute Gasteiger partial charge is 0.295 e. The molecule has 0 aliphatic rings. The van der Waals surface area contributed by atoms with Crippen LogP contribution >= 0.6 is 11.6 Å². The number of benzene rings is 3. The lowest BCUT2D eigenvalue weighted by atomic mass is 10.1. The van der Waals surface area contributed by atoms with E-state index in [2.05, 4.69) is 15.4 Å². The molecule has 0 fully saturated rings. The third kappa shape index (κ3) is 4.09. The highest BCUT2D eigenvalue weighted by Gasteiger charge is 2.20. The van der Waals surface area contributed by atoms with Crippen LogP contribution in [0, 0.1) is 27.7 Å². The lowest BCUT2D eigenvalue weighted by Crippen LogP contribution is -2.15. The molecule has 0 unspecified atom stereocenters. The van der Waals surface area contributed by atoms with Crippen LogP contribution in [-0.2, 0) is 0 Å². The normalized spacial score (nSPS) is 10.9. The minimum Gasteiger partial charge on any atom is -0.319 e. The first-order valence-corrected chi connectivity index (χ1v) is 10.4. The monoisotopic (exact) mass is 430 g/mol. The lowest BCUT2D eigenvalue weighted by Gasteiger charge is -2.11. The Kier molecular flexibility index (Phi) is 5.61. The summed E-state index contributed by atoms with van der Waals surface area (Å²) in [5.74, 6) is 0.330. The maximum atomic E-state index is 13.0. The van der Waals surface area contributed by atoms with Crippen LogP contribution < -0.4 is 5.32 Å². The number of halogens is 1. The Morgan fingerprint density at radius 3 is 2.23 bits per heavy atom. The number of rotatable bonds is 4. The number of hydrogen-bond acceptors (Lipinski definition) is 3. The van der Waals surface area contributed by atoms with Crippen molar-refractivity contribution in [3.05, 3.63) is 93.8 Å². The molecule has 31 heavy (non-hydrogen) atoms. The van der Waals surface area contributed by atoms with E-state index in [1.165, 1.54) is 0 Å². The van der Waals surface area contributed by atoms with Gasteiger partial charge in [0, 0.05) is 16.3 Å². The van der Waals surface area contributed by atoms with E-state index in [1.807, 2.05) is 76.2 Å². The van der Waals surface area contributed by atoms with E-state index in [0.717, 1.165) is 39.2 Å². The molecular formula is C25H23ClN4O. The average molecular weight is 431 g/mol. The molecule has 0 bridgehead atoms. The molecule has 3 aromatic carbocycles. The Morgan fingerprint density at radius 2 is 1.52 bits per heavy atom. The highest BCUT2D eigenvalue weighted by atomic mass is 35.5. The molecule has 0 radical (unpaired) electrons. The molecule has 156 valence electrons. The maximum absolute atomic E-state index is 13.0. The van der Waals surface area contributed by atoms with E-state index in [0.29, 0.717) is 10.8 Å². The van der Waals surface area contributed by atoms with Crippen molar-refractivity contribution in [1.82, 2.24) is 14.8 Å². The summed E-state index contributed by atoms with van der Waals surface area (Å²) < 4.78 is 1.73. The number of hydrogen-bond donors (Lipinski definition) is 1. The predicted molar refractivity (Wildman–Crippen MR) is 125 cm³/mol. The number of carbonyl (C=O) groups excluding carboxylic acids is 1. The summed E-state index contributed by atoms with van der Waals surface area (Å²) in [5.41, 5.74) is 6.78. The van der Waals surface area contributed by atoms with Gasteiger partial charge in [-0.1, -0.05) is 35.9 Å². The summed E-state index contributed by atoms with van der Waals surface area (Å²) >= 11 is 6.07. The van der Waals surface area contributed by atoms with Crippen molar-refractivity contribution < 1.29 is 4.79 Å². The largest absolute Gasteiger partial charge is 0.319 e. The molecule has 0 aliphatic carbocycles. The van der Waals surface area contributed by atoms with Gasteiger partial charge in [0.15, 0.2) is 5.82 Å². The number of aryl methyl sites for hydroxylation is 2. The van der Waals surface area contributed by atoms with Gasteiger partial charge in [-0.3, -0.25) is 4.79 Å². The van der Waals surface area contributed by atoms with Gasteiger partial charge in [0.2, 0.25) is 5.82 Å². The number of nitrogens with zero attached hydrogens (tertiary/aromatic N) is 3. The molecule has 0 aliphatic heterocycles. The molecule has 1 aromatic heterocycles. The van der Waals surface area contributed by atoms with Crippen LogP contribution in [0.2, 0.25) is 5.02 Å². The third-order valence-electron chi connectivity index (χ3n) is 5.57. The second kappa shape index (κ2) is 8.36. The van der Waals surface area contributed by atoms with Crippen LogP contribution in [0.15, 0.2) is 60.7 Å².